The third kappa shape index (κ3) is 1.85. The van der Waals surface area contributed by atoms with Gasteiger partial charge in [-0.05, 0) is 43.4 Å². The fraction of sp³-hybridized carbons (Fsp3) is 0.900. The van der Waals surface area contributed by atoms with E-state index in [-0.39, 0.29) is 12.0 Å². The van der Waals surface area contributed by atoms with Gasteiger partial charge < -0.3 is 10.5 Å². The van der Waals surface area contributed by atoms with Crippen LogP contribution in [0.25, 0.3) is 0 Å². The first-order valence-electron chi connectivity index (χ1n) is 5.07. The van der Waals surface area contributed by atoms with Crippen molar-refractivity contribution in [3.63, 3.8) is 0 Å². The van der Waals surface area contributed by atoms with Gasteiger partial charge in [0.25, 0.3) is 0 Å². The predicted molar refractivity (Wildman–Crippen MR) is 48.9 cm³/mol. The molecule has 0 aromatic rings. The van der Waals surface area contributed by atoms with E-state index in [0.29, 0.717) is 17.8 Å². The molecule has 2 aliphatic rings. The molecule has 0 saturated heterocycles. The van der Waals surface area contributed by atoms with E-state index < -0.39 is 0 Å². The molecule has 0 unspecified atom stereocenters. The van der Waals surface area contributed by atoms with E-state index in [0.717, 1.165) is 0 Å². The lowest BCUT2D eigenvalue weighted by Crippen LogP contribution is -2.41. The van der Waals surface area contributed by atoms with Crippen LogP contribution in [-0.4, -0.2) is 19.1 Å². The molecular formula is C10H17NO2. The van der Waals surface area contributed by atoms with Crippen LogP contribution in [0.4, 0.5) is 0 Å². The first-order valence-corrected chi connectivity index (χ1v) is 5.07. The number of methoxy groups -OCH3 is 1. The first kappa shape index (κ1) is 9.00. The van der Waals surface area contributed by atoms with Gasteiger partial charge in [0, 0.05) is 0 Å². The number of hydrogen-bond donors (Lipinski definition) is 1. The number of esters is 1. The summed E-state index contributed by atoms with van der Waals surface area (Å²) in [5, 5.41) is 0. The van der Waals surface area contributed by atoms with E-state index in [4.69, 9.17) is 5.73 Å². The fourth-order valence-electron chi connectivity index (χ4n) is 2.23. The fourth-order valence-corrected chi connectivity index (χ4v) is 2.23. The van der Waals surface area contributed by atoms with Gasteiger partial charge in [-0.25, -0.2) is 0 Å². The summed E-state index contributed by atoms with van der Waals surface area (Å²) in [6.45, 7) is 0. The second kappa shape index (κ2) is 3.29. The summed E-state index contributed by atoms with van der Waals surface area (Å²) in [6, 6.07) is -0.370. The third-order valence-corrected chi connectivity index (χ3v) is 3.22. The van der Waals surface area contributed by atoms with Crippen molar-refractivity contribution in [3.8, 4) is 0 Å². The molecule has 0 amide bonds. The maximum Gasteiger partial charge on any atom is 0.322 e. The molecule has 2 saturated carbocycles. The summed E-state index contributed by atoms with van der Waals surface area (Å²) in [6.07, 6.45) is 5.02. The first-order chi connectivity index (χ1) is 6.24. The van der Waals surface area contributed by atoms with Crippen molar-refractivity contribution in [2.75, 3.05) is 7.11 Å². The monoisotopic (exact) mass is 183 g/mol. The molecule has 0 aromatic carbocycles. The third-order valence-electron chi connectivity index (χ3n) is 3.22. The SMILES string of the molecule is COC(=O)[C@@H](N)C(C1CC1)C1CC1. The lowest BCUT2D eigenvalue weighted by Gasteiger charge is -2.20. The van der Waals surface area contributed by atoms with Crippen LogP contribution in [-0.2, 0) is 9.53 Å². The quantitative estimate of drug-likeness (QED) is 0.659. The van der Waals surface area contributed by atoms with Gasteiger partial charge >= 0.3 is 5.97 Å². The number of carbonyl (C=O) groups is 1. The molecule has 13 heavy (non-hydrogen) atoms. The van der Waals surface area contributed by atoms with Crippen molar-refractivity contribution in [2.24, 2.45) is 23.5 Å². The van der Waals surface area contributed by atoms with Crippen molar-refractivity contribution in [2.45, 2.75) is 31.7 Å². The van der Waals surface area contributed by atoms with Crippen molar-refractivity contribution in [1.82, 2.24) is 0 Å². The number of rotatable bonds is 4. The normalized spacial score (nSPS) is 24.5. The predicted octanol–water partition coefficient (Wildman–Crippen LogP) is 0.923. The van der Waals surface area contributed by atoms with E-state index in [1.54, 1.807) is 0 Å². The van der Waals surface area contributed by atoms with E-state index in [9.17, 15) is 4.79 Å². The van der Waals surface area contributed by atoms with Crippen LogP contribution in [0.1, 0.15) is 25.7 Å². The summed E-state index contributed by atoms with van der Waals surface area (Å²) in [4.78, 5) is 11.3. The van der Waals surface area contributed by atoms with Crippen molar-refractivity contribution in [3.05, 3.63) is 0 Å². The van der Waals surface area contributed by atoms with Crippen LogP contribution < -0.4 is 5.73 Å². The molecule has 3 heteroatoms. The van der Waals surface area contributed by atoms with Crippen molar-refractivity contribution in [1.29, 1.82) is 0 Å². The second-order valence-electron chi connectivity index (χ2n) is 4.30. The highest BCUT2D eigenvalue weighted by atomic mass is 16.5. The smallest absolute Gasteiger partial charge is 0.322 e. The zero-order chi connectivity index (χ0) is 9.42. The molecule has 0 heterocycles. The van der Waals surface area contributed by atoms with E-state index >= 15 is 0 Å². The molecule has 0 radical (unpaired) electrons. The summed E-state index contributed by atoms with van der Waals surface area (Å²) < 4.78 is 4.68. The van der Waals surface area contributed by atoms with Crippen LogP contribution in [0.5, 0.6) is 0 Å². The molecule has 0 spiro atoms. The highest BCUT2D eigenvalue weighted by Gasteiger charge is 2.46. The Balaban J connectivity index is 1.96. The van der Waals surface area contributed by atoms with E-state index in [1.165, 1.54) is 32.8 Å². The number of ether oxygens (including phenoxy) is 1. The van der Waals surface area contributed by atoms with Crippen molar-refractivity contribution >= 4 is 5.97 Å². The van der Waals surface area contributed by atoms with Gasteiger partial charge in [0.05, 0.1) is 7.11 Å². The molecular weight excluding hydrogens is 166 g/mol. The lowest BCUT2D eigenvalue weighted by atomic mass is 9.90. The average Bonchev–Trinajstić information content (AvgIpc) is 2.95. The van der Waals surface area contributed by atoms with Gasteiger partial charge in [-0.2, -0.15) is 0 Å². The van der Waals surface area contributed by atoms with Crippen LogP contribution >= 0.6 is 0 Å². The van der Waals surface area contributed by atoms with Crippen molar-refractivity contribution < 1.29 is 9.53 Å². The van der Waals surface area contributed by atoms with Crippen LogP contribution in [0.15, 0.2) is 0 Å². The van der Waals surface area contributed by atoms with Gasteiger partial charge in [-0.15, -0.1) is 0 Å². The zero-order valence-electron chi connectivity index (χ0n) is 8.03. The Kier molecular flexibility index (Phi) is 2.28. The highest BCUT2D eigenvalue weighted by Crippen LogP contribution is 2.50. The molecule has 74 valence electrons. The number of hydrogen-bond acceptors (Lipinski definition) is 3. The minimum atomic E-state index is -0.370. The molecule has 0 bridgehead atoms. The van der Waals surface area contributed by atoms with Gasteiger partial charge in [0.2, 0.25) is 0 Å². The Bertz CT molecular complexity index is 197. The molecule has 2 fully saturated rings. The molecule has 1 atom stereocenters. The Morgan fingerprint density at radius 2 is 1.77 bits per heavy atom. The van der Waals surface area contributed by atoms with Crippen LogP contribution in [0, 0.1) is 17.8 Å². The molecule has 2 aliphatic carbocycles. The van der Waals surface area contributed by atoms with Crippen LogP contribution in [0.3, 0.4) is 0 Å². The Hall–Kier alpha value is -0.570. The number of carbonyl (C=O) groups excluding carboxylic acids is 1. The summed E-state index contributed by atoms with van der Waals surface area (Å²) >= 11 is 0. The second-order valence-corrected chi connectivity index (χ2v) is 4.30. The topological polar surface area (TPSA) is 52.3 Å². The van der Waals surface area contributed by atoms with Gasteiger partial charge in [0.15, 0.2) is 0 Å². The number of nitrogens with two attached hydrogens (primary N) is 1. The van der Waals surface area contributed by atoms with Gasteiger partial charge in [-0.3, -0.25) is 4.79 Å². The van der Waals surface area contributed by atoms with Crippen LogP contribution in [0.2, 0.25) is 0 Å². The average molecular weight is 183 g/mol. The van der Waals surface area contributed by atoms with Gasteiger partial charge in [0.1, 0.15) is 6.04 Å². The molecule has 3 nitrogen and oxygen atoms in total. The maximum absolute atomic E-state index is 11.3. The molecule has 2 rings (SSSR count). The van der Waals surface area contributed by atoms with Gasteiger partial charge in [-0.1, -0.05) is 0 Å². The summed E-state index contributed by atoms with van der Waals surface area (Å²) in [5.41, 5.74) is 5.88. The summed E-state index contributed by atoms with van der Waals surface area (Å²) in [7, 11) is 1.42. The minimum absolute atomic E-state index is 0.233. The highest BCUT2D eigenvalue weighted by molar-refractivity contribution is 5.75. The van der Waals surface area contributed by atoms with E-state index in [1.807, 2.05) is 0 Å². The molecule has 0 aromatic heterocycles. The Morgan fingerprint density at radius 3 is 2.08 bits per heavy atom. The largest absolute Gasteiger partial charge is 0.468 e. The minimum Gasteiger partial charge on any atom is -0.468 e. The maximum atomic E-state index is 11.3. The zero-order valence-corrected chi connectivity index (χ0v) is 8.03. The molecule has 2 N–H and O–H groups in total. The lowest BCUT2D eigenvalue weighted by molar-refractivity contribution is -0.144. The standard InChI is InChI=1S/C10H17NO2/c1-13-10(12)9(11)8(6-2-3-6)7-4-5-7/h6-9H,2-5,11H2,1H3/t9-/m0/s1. The summed E-state index contributed by atoms with van der Waals surface area (Å²) in [5.74, 6) is 1.60. The van der Waals surface area contributed by atoms with E-state index in [2.05, 4.69) is 4.74 Å². The molecule has 0 aliphatic heterocycles. The Labute approximate surface area is 78.6 Å². The Morgan fingerprint density at radius 1 is 1.31 bits per heavy atom.